The van der Waals surface area contributed by atoms with Crippen LogP contribution in [0.5, 0.6) is 0 Å². The van der Waals surface area contributed by atoms with E-state index in [-0.39, 0.29) is 5.41 Å². The van der Waals surface area contributed by atoms with Gasteiger partial charge in [-0.15, -0.1) is 0 Å². The first-order valence-electron chi connectivity index (χ1n) is 5.10. The summed E-state index contributed by atoms with van der Waals surface area (Å²) in [6.45, 7) is 8.64. The van der Waals surface area contributed by atoms with Gasteiger partial charge >= 0.3 is 0 Å². The van der Waals surface area contributed by atoms with Crippen LogP contribution in [0, 0.1) is 5.41 Å². The zero-order chi connectivity index (χ0) is 10.6. The molecule has 0 amide bonds. The van der Waals surface area contributed by atoms with Crippen molar-refractivity contribution in [1.29, 1.82) is 0 Å². The lowest BCUT2D eigenvalue weighted by Gasteiger charge is -2.19. The third kappa shape index (κ3) is 2.99. The number of nitrogens with zero attached hydrogens (tertiary/aromatic N) is 1. The van der Waals surface area contributed by atoms with Gasteiger partial charge in [0.2, 0.25) is 0 Å². The van der Waals surface area contributed by atoms with Gasteiger partial charge in [0.15, 0.2) is 0 Å². The van der Waals surface area contributed by atoms with Crippen LogP contribution in [0.1, 0.15) is 34.1 Å². The maximum absolute atomic E-state index is 4.47. The molecule has 1 heteroatoms. The molecule has 0 aromatic carbocycles. The summed E-state index contributed by atoms with van der Waals surface area (Å²) in [5.74, 6) is 0. The Kier molecular flexibility index (Phi) is 3.45. The summed E-state index contributed by atoms with van der Waals surface area (Å²) in [4.78, 5) is 4.47. The van der Waals surface area contributed by atoms with Crippen LogP contribution in [-0.4, -0.2) is 6.21 Å². The lowest BCUT2D eigenvalue weighted by atomic mass is 9.86. The maximum Gasteiger partial charge on any atom is 0.0398 e. The molecule has 0 saturated carbocycles. The molecule has 0 spiro atoms. The average Bonchev–Trinajstić information content (AvgIpc) is 2.01. The SMILES string of the molecule is C/C=C1C/C=C/C=C(C(C)(C)C)\C=N/1. The minimum Gasteiger partial charge on any atom is -0.261 e. The summed E-state index contributed by atoms with van der Waals surface area (Å²) in [5.41, 5.74) is 2.58. The minimum absolute atomic E-state index is 0.171. The second-order valence-corrected chi connectivity index (χ2v) is 4.54. The monoisotopic (exact) mass is 189 g/mol. The highest BCUT2D eigenvalue weighted by atomic mass is 14.7. The third-order valence-corrected chi connectivity index (χ3v) is 2.31. The fraction of sp³-hybridized carbons (Fsp3) is 0.462. The maximum atomic E-state index is 4.47. The molecule has 1 rings (SSSR count). The van der Waals surface area contributed by atoms with Crippen molar-refractivity contribution in [2.24, 2.45) is 10.4 Å². The third-order valence-electron chi connectivity index (χ3n) is 2.31. The molecule has 1 heterocycles. The van der Waals surface area contributed by atoms with E-state index in [4.69, 9.17) is 0 Å². The van der Waals surface area contributed by atoms with Crippen molar-refractivity contribution in [3.63, 3.8) is 0 Å². The molecule has 76 valence electrons. The van der Waals surface area contributed by atoms with E-state index in [1.807, 2.05) is 13.1 Å². The second kappa shape index (κ2) is 4.41. The molecule has 0 bridgehead atoms. The molecule has 0 radical (unpaired) electrons. The quantitative estimate of drug-likeness (QED) is 0.548. The Hall–Kier alpha value is -1.11. The Morgan fingerprint density at radius 1 is 1.36 bits per heavy atom. The van der Waals surface area contributed by atoms with E-state index < -0.39 is 0 Å². The molecule has 1 aliphatic rings. The van der Waals surface area contributed by atoms with Crippen LogP contribution in [0.15, 0.2) is 40.6 Å². The highest BCUT2D eigenvalue weighted by Crippen LogP contribution is 2.25. The summed E-state index contributed by atoms with van der Waals surface area (Å²) in [5, 5.41) is 0. The topological polar surface area (TPSA) is 12.4 Å². The van der Waals surface area contributed by atoms with Gasteiger partial charge in [0.1, 0.15) is 0 Å². The molecule has 0 aromatic heterocycles. The first-order chi connectivity index (χ1) is 6.54. The molecule has 0 atom stereocenters. The van der Waals surface area contributed by atoms with Crippen LogP contribution in [-0.2, 0) is 0 Å². The van der Waals surface area contributed by atoms with E-state index in [9.17, 15) is 0 Å². The van der Waals surface area contributed by atoms with Crippen molar-refractivity contribution in [3.05, 3.63) is 35.6 Å². The highest BCUT2D eigenvalue weighted by molar-refractivity contribution is 5.81. The molecule has 1 nitrogen and oxygen atoms in total. The zero-order valence-electron chi connectivity index (χ0n) is 9.54. The van der Waals surface area contributed by atoms with Crippen molar-refractivity contribution >= 4 is 6.21 Å². The number of allylic oxidation sites excluding steroid dienone is 5. The summed E-state index contributed by atoms with van der Waals surface area (Å²) < 4.78 is 0. The van der Waals surface area contributed by atoms with E-state index in [1.165, 1.54) is 5.57 Å². The Bertz CT molecular complexity index is 309. The Balaban J connectivity index is 2.98. The highest BCUT2D eigenvalue weighted by Gasteiger charge is 2.14. The van der Waals surface area contributed by atoms with Crippen molar-refractivity contribution in [2.75, 3.05) is 0 Å². The summed E-state index contributed by atoms with van der Waals surface area (Å²) in [7, 11) is 0. The van der Waals surface area contributed by atoms with Crippen molar-refractivity contribution in [3.8, 4) is 0 Å². The van der Waals surface area contributed by atoms with Crippen LogP contribution in [0.3, 0.4) is 0 Å². The van der Waals surface area contributed by atoms with E-state index >= 15 is 0 Å². The van der Waals surface area contributed by atoms with Crippen molar-refractivity contribution < 1.29 is 0 Å². The van der Waals surface area contributed by atoms with Gasteiger partial charge in [0, 0.05) is 18.3 Å². The standard InChI is InChI=1S/C13H19N/c1-5-12-9-7-6-8-11(10-14-12)13(2,3)4/h5-8,10H,9H2,1-4H3/b7-6+,11-8+,12-5-,14-10-. The van der Waals surface area contributed by atoms with Crippen LogP contribution in [0.25, 0.3) is 0 Å². The number of rotatable bonds is 0. The average molecular weight is 189 g/mol. The molecule has 0 N–H and O–H groups in total. The Labute approximate surface area is 86.9 Å². The summed E-state index contributed by atoms with van der Waals surface area (Å²) >= 11 is 0. The lowest BCUT2D eigenvalue weighted by molar-refractivity contribution is 0.526. The normalized spacial score (nSPS) is 28.9. The fourth-order valence-electron chi connectivity index (χ4n) is 1.24. The summed E-state index contributed by atoms with van der Waals surface area (Å²) in [6, 6.07) is 0. The lowest BCUT2D eigenvalue weighted by Crippen LogP contribution is -2.10. The minimum atomic E-state index is 0.171. The first kappa shape index (κ1) is 11.0. The van der Waals surface area contributed by atoms with Gasteiger partial charge in [-0.1, -0.05) is 45.1 Å². The van der Waals surface area contributed by atoms with E-state index in [2.05, 4.69) is 50.1 Å². The Morgan fingerprint density at radius 2 is 2.07 bits per heavy atom. The predicted octanol–water partition coefficient (Wildman–Crippen LogP) is 3.89. The molecular formula is C13H19N. The van der Waals surface area contributed by atoms with Gasteiger partial charge in [-0.3, -0.25) is 4.99 Å². The number of hydrogen-bond donors (Lipinski definition) is 0. The van der Waals surface area contributed by atoms with Gasteiger partial charge in [0.25, 0.3) is 0 Å². The van der Waals surface area contributed by atoms with E-state index in [1.54, 1.807) is 0 Å². The molecular weight excluding hydrogens is 170 g/mol. The van der Waals surface area contributed by atoms with Crippen LogP contribution in [0.4, 0.5) is 0 Å². The van der Waals surface area contributed by atoms with Gasteiger partial charge in [-0.2, -0.15) is 0 Å². The number of hydrogen-bond acceptors (Lipinski definition) is 1. The van der Waals surface area contributed by atoms with Crippen molar-refractivity contribution in [1.82, 2.24) is 0 Å². The molecule has 0 saturated heterocycles. The Morgan fingerprint density at radius 3 is 2.64 bits per heavy atom. The first-order valence-corrected chi connectivity index (χ1v) is 5.10. The molecule has 0 aliphatic carbocycles. The molecule has 1 aliphatic heterocycles. The predicted molar refractivity (Wildman–Crippen MR) is 63.5 cm³/mol. The molecule has 0 fully saturated rings. The van der Waals surface area contributed by atoms with Crippen LogP contribution >= 0.6 is 0 Å². The van der Waals surface area contributed by atoms with Crippen molar-refractivity contribution in [2.45, 2.75) is 34.1 Å². The van der Waals surface area contributed by atoms with Gasteiger partial charge in [-0.25, -0.2) is 0 Å². The smallest absolute Gasteiger partial charge is 0.0398 e. The number of aliphatic imine (C=N–C) groups is 1. The zero-order valence-corrected chi connectivity index (χ0v) is 9.54. The van der Waals surface area contributed by atoms with Crippen LogP contribution in [0.2, 0.25) is 0 Å². The molecule has 0 unspecified atom stereocenters. The fourth-order valence-corrected chi connectivity index (χ4v) is 1.24. The van der Waals surface area contributed by atoms with Crippen LogP contribution < -0.4 is 0 Å². The van der Waals surface area contributed by atoms with Gasteiger partial charge < -0.3 is 0 Å². The molecule has 14 heavy (non-hydrogen) atoms. The second-order valence-electron chi connectivity index (χ2n) is 4.54. The van der Waals surface area contributed by atoms with E-state index in [0.717, 1.165) is 12.1 Å². The van der Waals surface area contributed by atoms with E-state index in [0.29, 0.717) is 0 Å². The largest absolute Gasteiger partial charge is 0.261 e. The molecule has 0 aromatic rings. The summed E-state index contributed by atoms with van der Waals surface area (Å²) in [6.07, 6.45) is 11.4. The van der Waals surface area contributed by atoms with Gasteiger partial charge in [-0.05, 0) is 17.9 Å². The van der Waals surface area contributed by atoms with Gasteiger partial charge in [0.05, 0.1) is 0 Å².